The van der Waals surface area contributed by atoms with Crippen molar-refractivity contribution in [3.8, 4) is 0 Å². The highest BCUT2D eigenvalue weighted by molar-refractivity contribution is 9.13. The third kappa shape index (κ3) is 2.86. The molecule has 0 fully saturated rings. The van der Waals surface area contributed by atoms with Gasteiger partial charge in [0.1, 0.15) is 0 Å². The standard InChI is InChI=1S/C14H15Br2NS2/c1-17-13(12-7-9(15)14(16)19-12)11-6-8-4-2-3-5-10(8)18-11/h6-7,13,17H,2-5H2,1H3. The van der Waals surface area contributed by atoms with Gasteiger partial charge in [0, 0.05) is 19.1 Å². The lowest BCUT2D eigenvalue weighted by atomic mass is 9.99. The Morgan fingerprint density at radius 1 is 1.11 bits per heavy atom. The van der Waals surface area contributed by atoms with Crippen molar-refractivity contribution in [2.75, 3.05) is 7.05 Å². The van der Waals surface area contributed by atoms with E-state index in [1.54, 1.807) is 21.8 Å². The van der Waals surface area contributed by atoms with Crippen LogP contribution < -0.4 is 5.32 Å². The zero-order valence-corrected chi connectivity index (χ0v) is 15.4. The summed E-state index contributed by atoms with van der Waals surface area (Å²) in [4.78, 5) is 4.42. The predicted octanol–water partition coefficient (Wildman–Crippen LogP) is 5.52. The Morgan fingerprint density at radius 3 is 2.47 bits per heavy atom. The van der Waals surface area contributed by atoms with E-state index < -0.39 is 0 Å². The smallest absolute Gasteiger partial charge is 0.0843 e. The quantitative estimate of drug-likeness (QED) is 0.688. The highest BCUT2D eigenvalue weighted by Gasteiger charge is 2.21. The zero-order valence-electron chi connectivity index (χ0n) is 10.6. The first kappa shape index (κ1) is 14.3. The summed E-state index contributed by atoms with van der Waals surface area (Å²) >= 11 is 11.0. The number of thiophene rings is 2. The molecule has 1 N–H and O–H groups in total. The fourth-order valence-electron chi connectivity index (χ4n) is 2.59. The summed E-state index contributed by atoms with van der Waals surface area (Å²) in [5.41, 5.74) is 1.58. The minimum Gasteiger partial charge on any atom is -0.308 e. The summed E-state index contributed by atoms with van der Waals surface area (Å²) in [6, 6.07) is 4.96. The molecule has 5 heteroatoms. The second-order valence-corrected chi connectivity index (χ2v) is 9.22. The second kappa shape index (κ2) is 5.98. The van der Waals surface area contributed by atoms with E-state index >= 15 is 0 Å². The second-order valence-electron chi connectivity index (χ2n) is 4.80. The summed E-state index contributed by atoms with van der Waals surface area (Å²) in [6.45, 7) is 0. The van der Waals surface area contributed by atoms with Crippen LogP contribution in [0.15, 0.2) is 20.4 Å². The number of aryl methyl sites for hydroxylation is 2. The van der Waals surface area contributed by atoms with Crippen molar-refractivity contribution in [1.29, 1.82) is 0 Å². The number of hydrogen-bond donors (Lipinski definition) is 1. The van der Waals surface area contributed by atoms with Gasteiger partial charge < -0.3 is 5.32 Å². The monoisotopic (exact) mass is 419 g/mol. The minimum absolute atomic E-state index is 0.322. The lowest BCUT2D eigenvalue weighted by Gasteiger charge is -2.12. The fourth-order valence-corrected chi connectivity index (χ4v) is 6.27. The van der Waals surface area contributed by atoms with Gasteiger partial charge in [0.2, 0.25) is 0 Å². The molecule has 1 aliphatic rings. The normalized spacial score (nSPS) is 16.4. The van der Waals surface area contributed by atoms with Crippen LogP contribution >= 0.6 is 54.5 Å². The van der Waals surface area contributed by atoms with Crippen LogP contribution in [0.1, 0.15) is 39.1 Å². The molecule has 0 spiro atoms. The molecule has 1 aliphatic carbocycles. The molecule has 102 valence electrons. The van der Waals surface area contributed by atoms with Gasteiger partial charge in [0.15, 0.2) is 0 Å². The highest BCUT2D eigenvalue weighted by Crippen LogP contribution is 2.40. The summed E-state index contributed by atoms with van der Waals surface area (Å²) in [5.74, 6) is 0. The Hall–Kier alpha value is 0.320. The Labute approximate surface area is 138 Å². The highest BCUT2D eigenvalue weighted by atomic mass is 79.9. The maximum atomic E-state index is 3.59. The maximum Gasteiger partial charge on any atom is 0.0843 e. The molecular weight excluding hydrogens is 406 g/mol. The van der Waals surface area contributed by atoms with Gasteiger partial charge in [0.05, 0.1) is 9.83 Å². The third-order valence-corrected chi connectivity index (χ3v) is 8.16. The topological polar surface area (TPSA) is 12.0 Å². The van der Waals surface area contributed by atoms with Gasteiger partial charge in [-0.1, -0.05) is 0 Å². The minimum atomic E-state index is 0.322. The first-order chi connectivity index (χ1) is 9.19. The Morgan fingerprint density at radius 2 is 1.84 bits per heavy atom. The van der Waals surface area contributed by atoms with Crippen molar-refractivity contribution >= 4 is 54.5 Å². The van der Waals surface area contributed by atoms with E-state index in [4.69, 9.17) is 0 Å². The van der Waals surface area contributed by atoms with Gasteiger partial charge in [-0.3, -0.25) is 0 Å². The molecule has 0 amide bonds. The van der Waals surface area contributed by atoms with E-state index in [2.05, 4.69) is 49.3 Å². The number of hydrogen-bond acceptors (Lipinski definition) is 3. The van der Waals surface area contributed by atoms with Crippen molar-refractivity contribution in [3.63, 3.8) is 0 Å². The summed E-state index contributed by atoms with van der Waals surface area (Å²) < 4.78 is 2.32. The summed E-state index contributed by atoms with van der Waals surface area (Å²) in [7, 11) is 2.05. The average molecular weight is 421 g/mol. The van der Waals surface area contributed by atoms with Gasteiger partial charge in [-0.2, -0.15) is 0 Å². The van der Waals surface area contributed by atoms with Crippen molar-refractivity contribution in [3.05, 3.63) is 40.6 Å². The van der Waals surface area contributed by atoms with Gasteiger partial charge in [-0.25, -0.2) is 0 Å². The average Bonchev–Trinajstić information content (AvgIpc) is 2.95. The van der Waals surface area contributed by atoms with Crippen LogP contribution in [0.25, 0.3) is 0 Å². The van der Waals surface area contributed by atoms with Gasteiger partial charge in [-0.15, -0.1) is 22.7 Å². The molecule has 1 atom stereocenters. The number of rotatable bonds is 3. The first-order valence-electron chi connectivity index (χ1n) is 6.42. The van der Waals surface area contributed by atoms with Crippen molar-refractivity contribution in [2.24, 2.45) is 0 Å². The molecule has 1 unspecified atom stereocenters. The molecule has 0 bridgehead atoms. The van der Waals surface area contributed by atoms with Gasteiger partial charge in [-0.05, 0) is 82.3 Å². The van der Waals surface area contributed by atoms with E-state index in [-0.39, 0.29) is 0 Å². The number of nitrogens with one attached hydrogen (secondary N) is 1. The van der Waals surface area contributed by atoms with E-state index in [1.807, 2.05) is 18.4 Å². The van der Waals surface area contributed by atoms with Crippen LogP contribution in [0.4, 0.5) is 0 Å². The first-order valence-corrected chi connectivity index (χ1v) is 9.64. The molecule has 2 heterocycles. The summed E-state index contributed by atoms with van der Waals surface area (Å²) in [6.07, 6.45) is 5.24. The van der Waals surface area contributed by atoms with Crippen molar-refractivity contribution in [2.45, 2.75) is 31.7 Å². The fraction of sp³-hybridized carbons (Fsp3) is 0.429. The largest absolute Gasteiger partial charge is 0.308 e. The number of fused-ring (bicyclic) bond motifs is 1. The molecule has 0 aromatic carbocycles. The third-order valence-electron chi connectivity index (χ3n) is 3.54. The van der Waals surface area contributed by atoms with Crippen molar-refractivity contribution in [1.82, 2.24) is 5.32 Å². The summed E-state index contributed by atoms with van der Waals surface area (Å²) in [5, 5.41) is 3.46. The van der Waals surface area contributed by atoms with Crippen LogP contribution in [0.5, 0.6) is 0 Å². The van der Waals surface area contributed by atoms with Gasteiger partial charge in [0.25, 0.3) is 0 Å². The van der Waals surface area contributed by atoms with E-state index in [9.17, 15) is 0 Å². The lowest BCUT2D eigenvalue weighted by molar-refractivity contribution is 0.694. The maximum absolute atomic E-state index is 3.59. The van der Waals surface area contributed by atoms with Crippen LogP contribution in [0, 0.1) is 0 Å². The van der Waals surface area contributed by atoms with Crippen molar-refractivity contribution < 1.29 is 0 Å². The Balaban J connectivity index is 1.95. The Bertz CT molecular complexity index is 545. The van der Waals surface area contributed by atoms with E-state index in [1.165, 1.54) is 39.2 Å². The SMILES string of the molecule is CNC(c1cc(Br)c(Br)s1)c1cc2c(s1)CCCC2. The lowest BCUT2D eigenvalue weighted by Crippen LogP contribution is -2.15. The predicted molar refractivity (Wildman–Crippen MR) is 91.6 cm³/mol. The molecule has 1 nitrogen and oxygen atoms in total. The zero-order chi connectivity index (χ0) is 13.4. The number of halogens is 2. The molecule has 0 saturated heterocycles. The molecule has 3 rings (SSSR count). The van der Waals surface area contributed by atoms with E-state index in [0.717, 1.165) is 4.47 Å². The Kier molecular flexibility index (Phi) is 4.49. The van der Waals surface area contributed by atoms with Crippen LogP contribution in [0.3, 0.4) is 0 Å². The molecule has 2 aromatic rings. The molecule has 0 aliphatic heterocycles. The molecular formula is C14H15Br2NS2. The van der Waals surface area contributed by atoms with Gasteiger partial charge >= 0.3 is 0 Å². The molecule has 0 radical (unpaired) electrons. The molecule has 0 saturated carbocycles. The molecule has 2 aromatic heterocycles. The van der Waals surface area contributed by atoms with Crippen LogP contribution in [0.2, 0.25) is 0 Å². The van der Waals surface area contributed by atoms with Crippen LogP contribution in [-0.2, 0) is 12.8 Å². The van der Waals surface area contributed by atoms with Crippen LogP contribution in [-0.4, -0.2) is 7.05 Å². The molecule has 19 heavy (non-hydrogen) atoms. The van der Waals surface area contributed by atoms with E-state index in [0.29, 0.717) is 6.04 Å².